The molecule has 14 heavy (non-hydrogen) atoms. The molecule has 74 valence electrons. The summed E-state index contributed by atoms with van der Waals surface area (Å²) in [6.45, 7) is 5.11. The van der Waals surface area contributed by atoms with Crippen molar-refractivity contribution in [2.75, 3.05) is 0 Å². The van der Waals surface area contributed by atoms with Crippen molar-refractivity contribution in [3.05, 3.63) is 34.9 Å². The fraction of sp³-hybridized carbons (Fsp3) is 0.200. The summed E-state index contributed by atoms with van der Waals surface area (Å²) in [5.74, 6) is -0.962. The van der Waals surface area contributed by atoms with E-state index >= 15 is 0 Å². The van der Waals surface area contributed by atoms with Crippen molar-refractivity contribution in [1.29, 1.82) is 0 Å². The standard InChI is InChI=1S/C10H11NO3/c1-7-3-4-8(6-14-11-2)9(5-7)10(12)13/h3-5H,2,6H2,1H3,(H,12,13). The second kappa shape index (κ2) is 4.41. The lowest BCUT2D eigenvalue weighted by Crippen LogP contribution is -2.03. The normalized spacial score (nSPS) is 9.50. The molecule has 0 heterocycles. The van der Waals surface area contributed by atoms with Crippen LogP contribution >= 0.6 is 0 Å². The molecule has 0 bridgehead atoms. The van der Waals surface area contributed by atoms with Crippen LogP contribution in [0.25, 0.3) is 0 Å². The SMILES string of the molecule is C=NOCc1ccc(C)cc1C(=O)O. The van der Waals surface area contributed by atoms with Gasteiger partial charge in [0.15, 0.2) is 0 Å². The van der Waals surface area contributed by atoms with Crippen LogP contribution < -0.4 is 0 Å². The van der Waals surface area contributed by atoms with E-state index in [9.17, 15) is 4.79 Å². The molecule has 0 unspecified atom stereocenters. The molecule has 0 radical (unpaired) electrons. The fourth-order valence-corrected chi connectivity index (χ4v) is 1.13. The van der Waals surface area contributed by atoms with Gasteiger partial charge in [-0.2, -0.15) is 0 Å². The van der Waals surface area contributed by atoms with E-state index in [1.807, 2.05) is 13.0 Å². The summed E-state index contributed by atoms with van der Waals surface area (Å²) < 4.78 is 0. The molecule has 1 rings (SSSR count). The van der Waals surface area contributed by atoms with Crippen molar-refractivity contribution < 1.29 is 14.7 Å². The second-order valence-electron chi connectivity index (χ2n) is 2.87. The van der Waals surface area contributed by atoms with Gasteiger partial charge in [-0.05, 0) is 13.0 Å². The van der Waals surface area contributed by atoms with Crippen LogP contribution in [0.1, 0.15) is 21.5 Å². The summed E-state index contributed by atoms with van der Waals surface area (Å²) in [6, 6.07) is 5.14. The minimum atomic E-state index is -0.962. The van der Waals surface area contributed by atoms with Gasteiger partial charge >= 0.3 is 5.97 Å². The van der Waals surface area contributed by atoms with Crippen molar-refractivity contribution in [3.63, 3.8) is 0 Å². The zero-order chi connectivity index (χ0) is 10.6. The van der Waals surface area contributed by atoms with Crippen LogP contribution in [0.4, 0.5) is 0 Å². The molecule has 0 aromatic heterocycles. The zero-order valence-electron chi connectivity index (χ0n) is 7.86. The largest absolute Gasteiger partial charge is 0.478 e. The Morgan fingerprint density at radius 1 is 1.64 bits per heavy atom. The van der Waals surface area contributed by atoms with Crippen LogP contribution in [0.5, 0.6) is 0 Å². The highest BCUT2D eigenvalue weighted by Gasteiger charge is 2.09. The Labute approximate surface area is 81.8 Å². The molecule has 0 saturated heterocycles. The summed E-state index contributed by atoms with van der Waals surface area (Å²) in [5, 5.41) is 12.1. The van der Waals surface area contributed by atoms with E-state index in [1.54, 1.807) is 12.1 Å². The molecule has 0 atom stereocenters. The number of aryl methyl sites for hydroxylation is 1. The lowest BCUT2D eigenvalue weighted by Gasteiger charge is -2.05. The zero-order valence-corrected chi connectivity index (χ0v) is 7.86. The first kappa shape index (κ1) is 10.2. The third-order valence-electron chi connectivity index (χ3n) is 1.81. The lowest BCUT2D eigenvalue weighted by molar-refractivity contribution is 0.0688. The maximum Gasteiger partial charge on any atom is 0.336 e. The third kappa shape index (κ3) is 2.32. The van der Waals surface area contributed by atoms with E-state index in [1.165, 1.54) is 0 Å². The van der Waals surface area contributed by atoms with Gasteiger partial charge in [0, 0.05) is 12.3 Å². The highest BCUT2D eigenvalue weighted by Crippen LogP contribution is 2.13. The number of rotatable bonds is 4. The van der Waals surface area contributed by atoms with Crippen molar-refractivity contribution in [2.45, 2.75) is 13.5 Å². The minimum absolute atomic E-state index is 0.130. The molecular formula is C10H11NO3. The van der Waals surface area contributed by atoms with Crippen LogP contribution in [0.15, 0.2) is 23.4 Å². The molecule has 0 fully saturated rings. The highest BCUT2D eigenvalue weighted by molar-refractivity contribution is 5.89. The van der Waals surface area contributed by atoms with E-state index in [4.69, 9.17) is 9.94 Å². The molecule has 1 N–H and O–H groups in total. The van der Waals surface area contributed by atoms with Crippen LogP contribution in [0.2, 0.25) is 0 Å². The number of nitrogens with zero attached hydrogens (tertiary/aromatic N) is 1. The van der Waals surface area contributed by atoms with Gasteiger partial charge in [0.2, 0.25) is 0 Å². The number of benzene rings is 1. The van der Waals surface area contributed by atoms with Crippen LogP contribution in [-0.4, -0.2) is 17.8 Å². The van der Waals surface area contributed by atoms with Crippen molar-refractivity contribution in [2.24, 2.45) is 5.16 Å². The summed E-state index contributed by atoms with van der Waals surface area (Å²) >= 11 is 0. The molecule has 4 nitrogen and oxygen atoms in total. The van der Waals surface area contributed by atoms with E-state index < -0.39 is 5.97 Å². The van der Waals surface area contributed by atoms with Crippen LogP contribution in [-0.2, 0) is 11.4 Å². The topological polar surface area (TPSA) is 58.9 Å². The minimum Gasteiger partial charge on any atom is -0.478 e. The highest BCUT2D eigenvalue weighted by atomic mass is 16.6. The fourth-order valence-electron chi connectivity index (χ4n) is 1.13. The predicted molar refractivity (Wildman–Crippen MR) is 52.5 cm³/mol. The van der Waals surface area contributed by atoms with Gasteiger partial charge < -0.3 is 9.94 Å². The second-order valence-corrected chi connectivity index (χ2v) is 2.87. The number of carboxylic acids is 1. The van der Waals surface area contributed by atoms with Crippen LogP contribution in [0, 0.1) is 6.92 Å². The Hall–Kier alpha value is -1.84. The summed E-state index contributed by atoms with van der Waals surface area (Å²) in [4.78, 5) is 15.5. The number of hydrogen-bond acceptors (Lipinski definition) is 3. The first-order valence-corrected chi connectivity index (χ1v) is 4.06. The van der Waals surface area contributed by atoms with Gasteiger partial charge in [0.1, 0.15) is 6.61 Å². The van der Waals surface area contributed by atoms with E-state index in [-0.39, 0.29) is 12.2 Å². The Bertz CT molecular complexity index is 360. The molecule has 0 aliphatic carbocycles. The third-order valence-corrected chi connectivity index (χ3v) is 1.81. The first-order chi connectivity index (χ1) is 6.65. The lowest BCUT2D eigenvalue weighted by atomic mass is 10.1. The quantitative estimate of drug-likeness (QED) is 0.586. The summed E-state index contributed by atoms with van der Waals surface area (Å²) in [6.07, 6.45) is 0. The van der Waals surface area contributed by atoms with Crippen molar-refractivity contribution in [1.82, 2.24) is 0 Å². The molecule has 4 heteroatoms. The maximum atomic E-state index is 10.8. The van der Waals surface area contributed by atoms with Gasteiger partial charge in [-0.3, -0.25) is 0 Å². The van der Waals surface area contributed by atoms with Crippen LogP contribution in [0.3, 0.4) is 0 Å². The van der Waals surface area contributed by atoms with Gasteiger partial charge in [-0.25, -0.2) is 4.79 Å². The van der Waals surface area contributed by atoms with Crippen molar-refractivity contribution in [3.8, 4) is 0 Å². The van der Waals surface area contributed by atoms with Gasteiger partial charge in [-0.1, -0.05) is 17.7 Å². The summed E-state index contributed by atoms with van der Waals surface area (Å²) in [5.41, 5.74) is 1.74. The molecule has 1 aromatic rings. The van der Waals surface area contributed by atoms with Gasteiger partial charge in [0.25, 0.3) is 0 Å². The average molecular weight is 193 g/mol. The number of aromatic carboxylic acids is 1. The summed E-state index contributed by atoms with van der Waals surface area (Å²) in [7, 11) is 0. The molecular weight excluding hydrogens is 182 g/mol. The number of oxime groups is 1. The number of carboxylic acid groups (broad SMARTS) is 1. The molecule has 1 aromatic carbocycles. The number of carbonyl (C=O) groups is 1. The smallest absolute Gasteiger partial charge is 0.336 e. The monoisotopic (exact) mass is 193 g/mol. The molecule has 0 amide bonds. The molecule has 0 spiro atoms. The Morgan fingerprint density at radius 3 is 2.93 bits per heavy atom. The first-order valence-electron chi connectivity index (χ1n) is 4.06. The Balaban J connectivity index is 3.01. The number of hydrogen-bond donors (Lipinski definition) is 1. The van der Waals surface area contributed by atoms with Crippen molar-refractivity contribution >= 4 is 12.7 Å². The molecule has 0 saturated carbocycles. The maximum absolute atomic E-state index is 10.8. The molecule has 0 aliphatic heterocycles. The van der Waals surface area contributed by atoms with Gasteiger partial charge in [0.05, 0.1) is 5.56 Å². The van der Waals surface area contributed by atoms with E-state index in [0.717, 1.165) is 5.56 Å². The van der Waals surface area contributed by atoms with Gasteiger partial charge in [-0.15, -0.1) is 5.16 Å². The predicted octanol–water partition coefficient (Wildman–Crippen LogP) is 1.83. The molecule has 0 aliphatic rings. The van der Waals surface area contributed by atoms with E-state index in [2.05, 4.69) is 11.9 Å². The Morgan fingerprint density at radius 2 is 2.36 bits per heavy atom. The van der Waals surface area contributed by atoms with E-state index in [0.29, 0.717) is 5.56 Å². The Kier molecular flexibility index (Phi) is 3.23. The average Bonchev–Trinajstić information content (AvgIpc) is 2.15.